The number of ether oxygens (including phenoxy) is 1. The zero-order valence-electron chi connectivity index (χ0n) is 16.9. The van der Waals surface area contributed by atoms with Crippen LogP contribution in [0, 0.1) is 0 Å². The van der Waals surface area contributed by atoms with Crippen molar-refractivity contribution in [1.29, 1.82) is 0 Å². The van der Waals surface area contributed by atoms with Crippen molar-refractivity contribution in [3.05, 3.63) is 0 Å². The fourth-order valence-corrected chi connectivity index (χ4v) is 2.58. The minimum absolute atomic E-state index is 0. The van der Waals surface area contributed by atoms with Crippen molar-refractivity contribution in [1.82, 2.24) is 0 Å². The molecule has 0 heterocycles. The van der Waals surface area contributed by atoms with Crippen LogP contribution in [0.15, 0.2) is 0 Å². The van der Waals surface area contributed by atoms with Crippen molar-refractivity contribution in [3.63, 3.8) is 0 Å². The molecule has 4 heteroatoms. The Kier molecular flexibility index (Phi) is 22.8. The van der Waals surface area contributed by atoms with Gasteiger partial charge in [-0.3, -0.25) is 4.79 Å². The van der Waals surface area contributed by atoms with Crippen LogP contribution in [0.5, 0.6) is 0 Å². The largest absolute Gasteiger partial charge is 1.00 e. The van der Waals surface area contributed by atoms with Gasteiger partial charge in [0.25, 0.3) is 0 Å². The molecule has 0 aromatic rings. The van der Waals surface area contributed by atoms with Crippen LogP contribution >= 0.6 is 0 Å². The van der Waals surface area contributed by atoms with Gasteiger partial charge in [-0.25, -0.2) is 0 Å². The van der Waals surface area contributed by atoms with Crippen molar-refractivity contribution in [2.75, 3.05) is 0 Å². The maximum absolute atomic E-state index is 11.3. The Morgan fingerprint density at radius 1 is 0.826 bits per heavy atom. The first-order valence-electron chi connectivity index (χ1n) is 9.58. The van der Waals surface area contributed by atoms with Crippen LogP contribution in [0.3, 0.4) is 0 Å². The molecule has 0 bridgehead atoms. The summed E-state index contributed by atoms with van der Waals surface area (Å²) in [6.07, 6.45) is 16.9. The van der Waals surface area contributed by atoms with Crippen LogP contribution in [0.25, 0.3) is 0 Å². The average Bonchev–Trinajstić information content (AvgIpc) is 2.51. The average molecular weight is 339 g/mol. The number of hydrogen-bond acceptors (Lipinski definition) is 3. The zero-order valence-corrected chi connectivity index (χ0v) is 17.9. The van der Waals surface area contributed by atoms with E-state index in [2.05, 4.69) is 6.92 Å². The molecule has 0 saturated heterocycles. The number of aliphatic hydroxyl groups excluding tert-OH is 1. The zero-order chi connectivity index (χ0) is 16.5. The molecule has 0 spiro atoms. The Bertz CT molecular complexity index is 253. The summed E-state index contributed by atoms with van der Waals surface area (Å²) in [5.74, 6) is -0.266. The van der Waals surface area contributed by atoms with Crippen LogP contribution < -0.4 is 29.6 Å². The van der Waals surface area contributed by atoms with Crippen LogP contribution in [-0.2, 0) is 9.53 Å². The van der Waals surface area contributed by atoms with E-state index in [1.807, 2.05) is 0 Å². The number of hydrogen-bond donors (Lipinski definition) is 1. The number of unbranched alkanes of at least 4 members (excludes halogenated alkanes) is 12. The summed E-state index contributed by atoms with van der Waals surface area (Å²) in [5, 5.41) is 9.19. The summed E-state index contributed by atoms with van der Waals surface area (Å²) in [4.78, 5) is 11.3. The topological polar surface area (TPSA) is 46.5 Å². The molecule has 1 unspecified atom stereocenters. The Morgan fingerprint density at radius 2 is 1.22 bits per heavy atom. The van der Waals surface area contributed by atoms with Gasteiger partial charge in [0.1, 0.15) is 0 Å². The van der Waals surface area contributed by atoms with Crippen LogP contribution in [0.2, 0.25) is 0 Å². The molecule has 0 aliphatic carbocycles. The van der Waals surface area contributed by atoms with Gasteiger partial charge in [-0.05, 0) is 6.42 Å². The molecule has 134 valence electrons. The number of rotatable bonds is 16. The second-order valence-corrected chi connectivity index (χ2v) is 6.35. The molecule has 0 aromatic heterocycles. The normalized spacial score (nSPS) is 11.8. The Morgan fingerprint density at radius 3 is 1.61 bits per heavy atom. The van der Waals surface area contributed by atoms with E-state index in [0.29, 0.717) is 12.8 Å². The first kappa shape index (κ1) is 25.7. The van der Waals surface area contributed by atoms with Crippen LogP contribution in [0.1, 0.15) is 112 Å². The molecule has 0 amide bonds. The summed E-state index contributed by atoms with van der Waals surface area (Å²) >= 11 is 0. The third-order valence-corrected chi connectivity index (χ3v) is 4.10. The van der Waals surface area contributed by atoms with Gasteiger partial charge in [-0.2, -0.15) is 0 Å². The third-order valence-electron chi connectivity index (χ3n) is 4.10. The van der Waals surface area contributed by atoms with Gasteiger partial charge in [-0.15, -0.1) is 0 Å². The second kappa shape index (κ2) is 20.5. The van der Waals surface area contributed by atoms with Crippen LogP contribution in [-0.4, -0.2) is 17.4 Å². The van der Waals surface area contributed by atoms with Crippen molar-refractivity contribution < 1.29 is 45.6 Å². The van der Waals surface area contributed by atoms with Crippen molar-refractivity contribution >= 4 is 5.97 Å². The first-order chi connectivity index (χ1) is 10.7. The Balaban J connectivity index is -0.00000220. The molecular weight excluding hydrogens is 299 g/mol. The molecule has 23 heavy (non-hydrogen) atoms. The van der Waals surface area contributed by atoms with E-state index in [1.54, 1.807) is 6.92 Å². The first-order valence-corrected chi connectivity index (χ1v) is 9.58. The molecule has 0 aliphatic rings. The van der Waals surface area contributed by atoms with Crippen LogP contribution in [0.4, 0.5) is 0 Å². The predicted molar refractivity (Wildman–Crippen MR) is 93.8 cm³/mol. The molecule has 0 saturated carbocycles. The standard InChI is InChI=1S/C19H38O3.Na.H/c1-3-5-6-7-8-9-10-11-12-13-14-15-16-17-19(21)22-18(20)4-2;;/h18,20H,3-17H2,1-2H3;;/q;+1;-1. The Hall–Kier alpha value is 0.430. The van der Waals surface area contributed by atoms with E-state index < -0.39 is 6.29 Å². The number of carbonyl (C=O) groups excluding carboxylic acids is 1. The summed E-state index contributed by atoms with van der Waals surface area (Å²) in [6.45, 7) is 4.06. The van der Waals surface area contributed by atoms with Gasteiger partial charge in [-0.1, -0.05) is 90.9 Å². The summed E-state index contributed by atoms with van der Waals surface area (Å²) < 4.78 is 4.82. The van der Waals surface area contributed by atoms with Gasteiger partial charge in [0.2, 0.25) is 0 Å². The van der Waals surface area contributed by atoms with Gasteiger partial charge in [0, 0.05) is 12.8 Å². The SMILES string of the molecule is CCCCCCCCCCCCCCCC(=O)OC(O)CC.[H-].[Na+]. The second-order valence-electron chi connectivity index (χ2n) is 6.35. The summed E-state index contributed by atoms with van der Waals surface area (Å²) in [7, 11) is 0. The molecule has 0 aliphatic heterocycles. The molecule has 0 aromatic carbocycles. The van der Waals surface area contributed by atoms with Gasteiger partial charge in [0.15, 0.2) is 6.29 Å². The van der Waals surface area contributed by atoms with Crippen molar-refractivity contribution in [2.45, 2.75) is 116 Å². The van der Waals surface area contributed by atoms with E-state index in [4.69, 9.17) is 4.74 Å². The fraction of sp³-hybridized carbons (Fsp3) is 0.947. The fourth-order valence-electron chi connectivity index (χ4n) is 2.58. The molecular formula is C19H39NaO3. The Labute approximate surface area is 167 Å². The van der Waals surface area contributed by atoms with E-state index in [1.165, 1.54) is 70.6 Å². The number of esters is 1. The maximum Gasteiger partial charge on any atom is 1.00 e. The molecule has 1 atom stereocenters. The number of aliphatic hydroxyl groups is 1. The van der Waals surface area contributed by atoms with Crippen molar-refractivity contribution in [2.24, 2.45) is 0 Å². The van der Waals surface area contributed by atoms with Crippen molar-refractivity contribution in [3.8, 4) is 0 Å². The summed E-state index contributed by atoms with van der Waals surface area (Å²) in [6, 6.07) is 0. The minimum Gasteiger partial charge on any atom is -1.00 e. The maximum atomic E-state index is 11.3. The van der Waals surface area contributed by atoms with Gasteiger partial charge < -0.3 is 11.3 Å². The molecule has 0 rings (SSSR count). The summed E-state index contributed by atoms with van der Waals surface area (Å²) in [5.41, 5.74) is 0. The third kappa shape index (κ3) is 20.4. The quantitative estimate of drug-likeness (QED) is 0.204. The molecule has 0 radical (unpaired) electrons. The minimum atomic E-state index is -0.922. The molecule has 1 N–H and O–H groups in total. The van der Waals surface area contributed by atoms with E-state index in [-0.39, 0.29) is 37.0 Å². The van der Waals surface area contributed by atoms with E-state index >= 15 is 0 Å². The molecule has 0 fully saturated rings. The predicted octanol–water partition coefficient (Wildman–Crippen LogP) is 2.86. The smallest absolute Gasteiger partial charge is 1.00 e. The van der Waals surface area contributed by atoms with Gasteiger partial charge in [0.05, 0.1) is 0 Å². The number of carbonyl (C=O) groups is 1. The molecule has 3 nitrogen and oxygen atoms in total. The van der Waals surface area contributed by atoms with E-state index in [9.17, 15) is 9.90 Å². The monoisotopic (exact) mass is 338 g/mol. The van der Waals surface area contributed by atoms with E-state index in [0.717, 1.165) is 12.8 Å². The van der Waals surface area contributed by atoms with Gasteiger partial charge >= 0.3 is 35.5 Å².